The van der Waals surface area contributed by atoms with Crippen LogP contribution in [0.15, 0.2) is 4.52 Å². The van der Waals surface area contributed by atoms with Crippen molar-refractivity contribution >= 4 is 6.01 Å². The molecule has 0 fully saturated rings. The van der Waals surface area contributed by atoms with E-state index in [1.54, 1.807) is 14.2 Å². The first-order chi connectivity index (χ1) is 7.66. The SMILES string of the molecule is CCC(C)(OC)c1noc(NCCOC)n1. The van der Waals surface area contributed by atoms with Crippen LogP contribution in [0.3, 0.4) is 0 Å². The van der Waals surface area contributed by atoms with Crippen LogP contribution >= 0.6 is 0 Å². The molecule has 0 spiro atoms. The third-order valence-electron chi connectivity index (χ3n) is 2.61. The van der Waals surface area contributed by atoms with Gasteiger partial charge in [-0.05, 0) is 13.3 Å². The fraction of sp³-hybridized carbons (Fsp3) is 0.800. The second-order valence-corrected chi connectivity index (χ2v) is 3.63. The molecule has 0 aliphatic rings. The fourth-order valence-electron chi connectivity index (χ4n) is 1.16. The van der Waals surface area contributed by atoms with Crippen molar-refractivity contribution in [2.24, 2.45) is 0 Å². The molecule has 1 rings (SSSR count). The predicted molar refractivity (Wildman–Crippen MR) is 59.3 cm³/mol. The van der Waals surface area contributed by atoms with Crippen LogP contribution in [-0.4, -0.2) is 37.5 Å². The molecule has 1 aromatic rings. The summed E-state index contributed by atoms with van der Waals surface area (Å²) in [6.07, 6.45) is 0.778. The quantitative estimate of drug-likeness (QED) is 0.713. The first-order valence-corrected chi connectivity index (χ1v) is 5.28. The van der Waals surface area contributed by atoms with E-state index in [0.29, 0.717) is 25.0 Å². The van der Waals surface area contributed by atoms with Crippen molar-refractivity contribution in [3.63, 3.8) is 0 Å². The van der Waals surface area contributed by atoms with Gasteiger partial charge in [-0.25, -0.2) is 0 Å². The summed E-state index contributed by atoms with van der Waals surface area (Å²) in [6, 6.07) is 0.392. The molecule has 0 amide bonds. The van der Waals surface area contributed by atoms with E-state index >= 15 is 0 Å². The van der Waals surface area contributed by atoms with E-state index in [0.717, 1.165) is 6.42 Å². The van der Waals surface area contributed by atoms with Crippen molar-refractivity contribution in [2.45, 2.75) is 25.9 Å². The molecule has 92 valence electrons. The number of hydrogen-bond donors (Lipinski definition) is 1. The van der Waals surface area contributed by atoms with Gasteiger partial charge in [0.2, 0.25) is 5.82 Å². The number of nitrogens with zero attached hydrogens (tertiary/aromatic N) is 2. The topological polar surface area (TPSA) is 69.4 Å². The maximum absolute atomic E-state index is 5.37. The van der Waals surface area contributed by atoms with Gasteiger partial charge in [0.05, 0.1) is 6.61 Å². The number of anilines is 1. The summed E-state index contributed by atoms with van der Waals surface area (Å²) in [4.78, 5) is 4.23. The van der Waals surface area contributed by atoms with E-state index in [1.807, 2.05) is 13.8 Å². The average molecular weight is 229 g/mol. The predicted octanol–water partition coefficient (Wildman–Crippen LogP) is 1.40. The molecule has 1 heterocycles. The zero-order valence-electron chi connectivity index (χ0n) is 10.2. The van der Waals surface area contributed by atoms with Crippen LogP contribution < -0.4 is 5.32 Å². The maximum atomic E-state index is 5.37. The summed E-state index contributed by atoms with van der Waals surface area (Å²) < 4.78 is 15.3. The molecular weight excluding hydrogens is 210 g/mol. The Balaban J connectivity index is 2.63. The summed E-state index contributed by atoms with van der Waals surface area (Å²) in [5.74, 6) is 0.553. The highest BCUT2D eigenvalue weighted by atomic mass is 16.5. The number of methoxy groups -OCH3 is 2. The number of rotatable bonds is 7. The van der Waals surface area contributed by atoms with Crippen LogP contribution in [0.1, 0.15) is 26.1 Å². The van der Waals surface area contributed by atoms with Gasteiger partial charge < -0.3 is 19.3 Å². The molecule has 0 radical (unpaired) electrons. The highest BCUT2D eigenvalue weighted by molar-refractivity contribution is 5.19. The van der Waals surface area contributed by atoms with Crippen LogP contribution in [-0.2, 0) is 15.1 Å². The zero-order chi connectivity index (χ0) is 12.0. The number of aromatic nitrogens is 2. The molecule has 0 bridgehead atoms. The smallest absolute Gasteiger partial charge is 0.321 e. The molecule has 0 aliphatic carbocycles. The van der Waals surface area contributed by atoms with Gasteiger partial charge in [-0.2, -0.15) is 4.98 Å². The van der Waals surface area contributed by atoms with Gasteiger partial charge in [-0.3, -0.25) is 0 Å². The van der Waals surface area contributed by atoms with E-state index in [2.05, 4.69) is 15.5 Å². The summed E-state index contributed by atoms with van der Waals surface area (Å²) in [5, 5.41) is 6.86. The minimum Gasteiger partial charge on any atom is -0.383 e. The van der Waals surface area contributed by atoms with Gasteiger partial charge in [0, 0.05) is 20.8 Å². The first-order valence-electron chi connectivity index (χ1n) is 5.28. The van der Waals surface area contributed by atoms with Crippen LogP contribution in [0, 0.1) is 0 Å². The molecule has 0 saturated heterocycles. The van der Waals surface area contributed by atoms with E-state index < -0.39 is 5.60 Å². The Morgan fingerprint density at radius 3 is 2.75 bits per heavy atom. The Morgan fingerprint density at radius 2 is 2.19 bits per heavy atom. The van der Waals surface area contributed by atoms with Crippen molar-refractivity contribution in [3.8, 4) is 0 Å². The van der Waals surface area contributed by atoms with Crippen molar-refractivity contribution < 1.29 is 14.0 Å². The molecule has 1 unspecified atom stereocenters. The zero-order valence-corrected chi connectivity index (χ0v) is 10.2. The van der Waals surface area contributed by atoms with E-state index in [9.17, 15) is 0 Å². The average Bonchev–Trinajstić information content (AvgIpc) is 2.78. The van der Waals surface area contributed by atoms with Crippen LogP contribution in [0.5, 0.6) is 0 Å². The van der Waals surface area contributed by atoms with Gasteiger partial charge >= 0.3 is 6.01 Å². The molecule has 0 aliphatic heterocycles. The molecule has 1 atom stereocenters. The van der Waals surface area contributed by atoms with Crippen molar-refractivity contribution in [2.75, 3.05) is 32.7 Å². The third kappa shape index (κ3) is 2.93. The fourth-order valence-corrected chi connectivity index (χ4v) is 1.16. The number of nitrogens with one attached hydrogen (secondary N) is 1. The summed E-state index contributed by atoms with van der Waals surface area (Å²) in [7, 11) is 3.28. The summed E-state index contributed by atoms with van der Waals surface area (Å²) in [5.41, 5.74) is -0.495. The molecule has 0 aromatic carbocycles. The maximum Gasteiger partial charge on any atom is 0.321 e. The lowest BCUT2D eigenvalue weighted by Crippen LogP contribution is -2.24. The summed E-state index contributed by atoms with van der Waals surface area (Å²) >= 11 is 0. The molecule has 6 nitrogen and oxygen atoms in total. The number of ether oxygens (including phenoxy) is 2. The lowest BCUT2D eigenvalue weighted by atomic mass is 10.0. The van der Waals surface area contributed by atoms with Crippen molar-refractivity contribution in [1.82, 2.24) is 10.1 Å². The molecular formula is C10H19N3O3. The van der Waals surface area contributed by atoms with Gasteiger partial charge in [0.15, 0.2) is 0 Å². The second kappa shape index (κ2) is 5.81. The minimum absolute atomic E-state index is 0.392. The Hall–Kier alpha value is -1.14. The van der Waals surface area contributed by atoms with E-state index in [4.69, 9.17) is 14.0 Å². The van der Waals surface area contributed by atoms with E-state index in [1.165, 1.54) is 0 Å². The van der Waals surface area contributed by atoms with Crippen molar-refractivity contribution in [3.05, 3.63) is 5.82 Å². The lowest BCUT2D eigenvalue weighted by Gasteiger charge is -2.21. The highest BCUT2D eigenvalue weighted by Crippen LogP contribution is 2.26. The van der Waals surface area contributed by atoms with Crippen molar-refractivity contribution in [1.29, 1.82) is 0 Å². The van der Waals surface area contributed by atoms with Crippen LogP contribution in [0.25, 0.3) is 0 Å². The highest BCUT2D eigenvalue weighted by Gasteiger charge is 2.29. The normalized spacial score (nSPS) is 14.8. The molecule has 6 heteroatoms. The Labute approximate surface area is 95.3 Å². The third-order valence-corrected chi connectivity index (χ3v) is 2.61. The minimum atomic E-state index is -0.495. The second-order valence-electron chi connectivity index (χ2n) is 3.63. The largest absolute Gasteiger partial charge is 0.383 e. The van der Waals surface area contributed by atoms with E-state index in [-0.39, 0.29) is 0 Å². The molecule has 1 N–H and O–H groups in total. The van der Waals surface area contributed by atoms with Gasteiger partial charge in [-0.1, -0.05) is 12.1 Å². The monoisotopic (exact) mass is 229 g/mol. The Kier molecular flexibility index (Phi) is 4.70. The standard InChI is InChI=1S/C10H19N3O3/c1-5-10(2,15-4)8-12-9(16-13-8)11-6-7-14-3/h5-7H2,1-4H3,(H,11,12,13). The molecule has 0 saturated carbocycles. The number of hydrogen-bond acceptors (Lipinski definition) is 6. The molecule has 16 heavy (non-hydrogen) atoms. The summed E-state index contributed by atoms with van der Waals surface area (Å²) in [6.45, 7) is 5.16. The lowest BCUT2D eigenvalue weighted by molar-refractivity contribution is -0.0106. The van der Waals surface area contributed by atoms with Gasteiger partial charge in [0.1, 0.15) is 5.60 Å². The van der Waals surface area contributed by atoms with Crippen LogP contribution in [0.4, 0.5) is 6.01 Å². The van der Waals surface area contributed by atoms with Gasteiger partial charge in [0.25, 0.3) is 0 Å². The van der Waals surface area contributed by atoms with Gasteiger partial charge in [-0.15, -0.1) is 0 Å². The first kappa shape index (κ1) is 12.9. The molecule has 1 aromatic heterocycles. The Bertz CT molecular complexity index is 310. The van der Waals surface area contributed by atoms with Crippen LogP contribution in [0.2, 0.25) is 0 Å². The Morgan fingerprint density at radius 1 is 1.44 bits per heavy atom.